The molecule has 4 nitrogen and oxygen atoms in total. The van der Waals surface area contributed by atoms with Gasteiger partial charge >= 0.3 is 0 Å². The lowest BCUT2D eigenvalue weighted by Gasteiger charge is -2.09. The minimum absolute atomic E-state index is 0.129. The topological polar surface area (TPSA) is 46.9 Å². The molecule has 21 heavy (non-hydrogen) atoms. The summed E-state index contributed by atoms with van der Waals surface area (Å²) in [5.41, 5.74) is 3.26. The maximum Gasteiger partial charge on any atom is 0.222 e. The van der Waals surface area contributed by atoms with Crippen molar-refractivity contribution in [1.29, 1.82) is 0 Å². The minimum Gasteiger partial charge on any atom is -0.353 e. The molecule has 1 saturated carbocycles. The average Bonchev–Trinajstić information content (AvgIpc) is 3.19. The first-order valence-electron chi connectivity index (χ1n) is 7.49. The van der Waals surface area contributed by atoms with Crippen LogP contribution < -0.4 is 5.32 Å². The molecule has 3 rings (SSSR count). The highest BCUT2D eigenvalue weighted by Gasteiger charge is 2.23. The number of aromatic nitrogens is 2. The van der Waals surface area contributed by atoms with Crippen molar-refractivity contribution < 1.29 is 4.79 Å². The number of benzene rings is 1. The highest BCUT2D eigenvalue weighted by molar-refractivity contribution is 6.17. The van der Waals surface area contributed by atoms with Gasteiger partial charge in [0.1, 0.15) is 5.82 Å². The first kappa shape index (κ1) is 14.4. The molecule has 5 heteroatoms. The minimum atomic E-state index is 0.129. The van der Waals surface area contributed by atoms with Crippen molar-refractivity contribution in [3.05, 3.63) is 29.6 Å². The number of imidazole rings is 1. The van der Waals surface area contributed by atoms with Crippen molar-refractivity contribution in [2.45, 2.75) is 45.2 Å². The summed E-state index contributed by atoms with van der Waals surface area (Å²) in [6.45, 7) is 2.72. The Kier molecular flexibility index (Phi) is 4.15. The molecule has 112 valence electrons. The number of aryl methyl sites for hydroxylation is 3. The van der Waals surface area contributed by atoms with Crippen LogP contribution >= 0.6 is 11.6 Å². The number of para-hydroxylation sites is 1. The van der Waals surface area contributed by atoms with Crippen LogP contribution in [0.25, 0.3) is 11.0 Å². The van der Waals surface area contributed by atoms with Crippen LogP contribution in [-0.4, -0.2) is 27.4 Å². The summed E-state index contributed by atoms with van der Waals surface area (Å²) in [4.78, 5) is 16.6. The second-order valence-electron chi connectivity index (χ2n) is 5.65. The summed E-state index contributed by atoms with van der Waals surface area (Å²) in [5.74, 6) is 1.63. The Hall–Kier alpha value is -1.55. The summed E-state index contributed by atoms with van der Waals surface area (Å²) in [6.07, 6.45) is 3.46. The monoisotopic (exact) mass is 305 g/mol. The number of fused-ring (bicyclic) bond motifs is 1. The molecular weight excluding hydrogens is 286 g/mol. The molecule has 0 bridgehead atoms. The third-order valence-electron chi connectivity index (χ3n) is 3.88. The second kappa shape index (κ2) is 6.06. The van der Waals surface area contributed by atoms with Gasteiger partial charge in [-0.25, -0.2) is 4.98 Å². The van der Waals surface area contributed by atoms with Gasteiger partial charge in [0.2, 0.25) is 5.91 Å². The van der Waals surface area contributed by atoms with Crippen LogP contribution in [0.3, 0.4) is 0 Å². The standard InChI is InChI=1S/C16H20ClN3O/c1-11-3-2-4-13-16(11)19-14(7-9-17)20(13)10-8-15(21)18-12-5-6-12/h2-4,12H,5-10H2,1H3,(H,18,21). The molecular formula is C16H20ClN3O. The van der Waals surface area contributed by atoms with Crippen molar-refractivity contribution >= 4 is 28.5 Å². The number of hydrogen-bond acceptors (Lipinski definition) is 2. The summed E-state index contributed by atoms with van der Waals surface area (Å²) >= 11 is 5.88. The van der Waals surface area contributed by atoms with Crippen LogP contribution in [0.4, 0.5) is 0 Å². The van der Waals surface area contributed by atoms with Crippen LogP contribution in [0.2, 0.25) is 0 Å². The van der Waals surface area contributed by atoms with Gasteiger partial charge in [0.15, 0.2) is 0 Å². The van der Waals surface area contributed by atoms with Gasteiger partial charge in [-0.3, -0.25) is 4.79 Å². The molecule has 0 saturated heterocycles. The van der Waals surface area contributed by atoms with Gasteiger partial charge in [-0.1, -0.05) is 12.1 Å². The van der Waals surface area contributed by atoms with Crippen LogP contribution in [0.1, 0.15) is 30.7 Å². The third kappa shape index (κ3) is 3.21. The Bertz CT molecular complexity index is 661. The summed E-state index contributed by atoms with van der Waals surface area (Å²) in [7, 11) is 0. The highest BCUT2D eigenvalue weighted by atomic mass is 35.5. The molecule has 0 spiro atoms. The largest absolute Gasteiger partial charge is 0.353 e. The van der Waals surface area contributed by atoms with Gasteiger partial charge in [-0.05, 0) is 31.4 Å². The lowest BCUT2D eigenvalue weighted by atomic mass is 10.2. The number of amides is 1. The molecule has 1 aromatic carbocycles. The normalized spacial score (nSPS) is 14.6. The van der Waals surface area contributed by atoms with E-state index in [9.17, 15) is 4.79 Å². The Labute approximate surface area is 129 Å². The van der Waals surface area contributed by atoms with E-state index >= 15 is 0 Å². The Morgan fingerprint density at radius 1 is 1.48 bits per heavy atom. The van der Waals surface area contributed by atoms with Crippen molar-refractivity contribution in [2.75, 3.05) is 5.88 Å². The van der Waals surface area contributed by atoms with Gasteiger partial charge in [0.05, 0.1) is 11.0 Å². The fourth-order valence-corrected chi connectivity index (χ4v) is 2.77. The summed E-state index contributed by atoms with van der Waals surface area (Å²) in [5, 5.41) is 3.03. The SMILES string of the molecule is Cc1cccc2c1nc(CCCl)n2CCC(=O)NC1CC1. The molecule has 0 aliphatic heterocycles. The summed E-state index contributed by atoms with van der Waals surface area (Å²) < 4.78 is 2.14. The zero-order valence-corrected chi connectivity index (χ0v) is 13.0. The second-order valence-corrected chi connectivity index (χ2v) is 6.03. The smallest absolute Gasteiger partial charge is 0.222 e. The Balaban J connectivity index is 1.82. The predicted molar refractivity (Wildman–Crippen MR) is 84.7 cm³/mol. The van der Waals surface area contributed by atoms with E-state index in [1.54, 1.807) is 0 Å². The first-order valence-corrected chi connectivity index (χ1v) is 8.02. The maximum absolute atomic E-state index is 11.9. The molecule has 1 aliphatic carbocycles. The zero-order valence-electron chi connectivity index (χ0n) is 12.2. The Morgan fingerprint density at radius 2 is 2.29 bits per heavy atom. The number of halogens is 1. The van der Waals surface area contributed by atoms with Crippen molar-refractivity contribution in [3.8, 4) is 0 Å². The van der Waals surface area contributed by atoms with E-state index in [0.29, 0.717) is 24.9 Å². The van der Waals surface area contributed by atoms with Gasteiger partial charge in [0, 0.05) is 31.3 Å². The number of carbonyl (C=O) groups is 1. The molecule has 1 heterocycles. The van der Waals surface area contributed by atoms with Crippen molar-refractivity contribution in [1.82, 2.24) is 14.9 Å². The van der Waals surface area contributed by atoms with E-state index in [0.717, 1.165) is 41.7 Å². The number of alkyl halides is 1. The summed E-state index contributed by atoms with van der Waals surface area (Å²) in [6, 6.07) is 6.57. The molecule has 0 radical (unpaired) electrons. The lowest BCUT2D eigenvalue weighted by molar-refractivity contribution is -0.121. The quantitative estimate of drug-likeness (QED) is 0.834. The van der Waals surface area contributed by atoms with E-state index in [2.05, 4.69) is 28.9 Å². The first-order chi connectivity index (χ1) is 10.2. The zero-order chi connectivity index (χ0) is 14.8. The van der Waals surface area contributed by atoms with Gasteiger partial charge in [0.25, 0.3) is 0 Å². The fraction of sp³-hybridized carbons (Fsp3) is 0.500. The molecule has 0 atom stereocenters. The van der Waals surface area contributed by atoms with E-state index in [1.807, 2.05) is 6.07 Å². The highest BCUT2D eigenvalue weighted by Crippen LogP contribution is 2.21. The molecule has 0 unspecified atom stereocenters. The molecule has 1 amide bonds. The molecule has 1 N–H and O–H groups in total. The van der Waals surface area contributed by atoms with Crippen LogP contribution in [0.15, 0.2) is 18.2 Å². The van der Waals surface area contributed by atoms with Crippen molar-refractivity contribution in [3.63, 3.8) is 0 Å². The van der Waals surface area contributed by atoms with Gasteiger partial charge < -0.3 is 9.88 Å². The van der Waals surface area contributed by atoms with E-state index in [1.165, 1.54) is 0 Å². The van der Waals surface area contributed by atoms with E-state index in [4.69, 9.17) is 16.6 Å². The van der Waals surface area contributed by atoms with E-state index in [-0.39, 0.29) is 5.91 Å². The molecule has 1 aromatic heterocycles. The number of rotatable bonds is 6. The number of nitrogens with one attached hydrogen (secondary N) is 1. The molecule has 1 fully saturated rings. The van der Waals surface area contributed by atoms with Gasteiger partial charge in [-0.15, -0.1) is 11.6 Å². The fourth-order valence-electron chi connectivity index (χ4n) is 2.60. The van der Waals surface area contributed by atoms with Crippen LogP contribution in [0.5, 0.6) is 0 Å². The number of nitrogens with zero attached hydrogens (tertiary/aromatic N) is 2. The predicted octanol–water partition coefficient (Wildman–Crippen LogP) is 2.79. The van der Waals surface area contributed by atoms with Crippen molar-refractivity contribution in [2.24, 2.45) is 0 Å². The number of carbonyl (C=O) groups excluding carboxylic acids is 1. The Morgan fingerprint density at radius 3 is 3.00 bits per heavy atom. The third-order valence-corrected chi connectivity index (χ3v) is 4.07. The maximum atomic E-state index is 11.9. The molecule has 2 aromatic rings. The van der Waals surface area contributed by atoms with E-state index < -0.39 is 0 Å². The van der Waals surface area contributed by atoms with Crippen LogP contribution in [0, 0.1) is 6.92 Å². The van der Waals surface area contributed by atoms with Gasteiger partial charge in [-0.2, -0.15) is 0 Å². The van der Waals surface area contributed by atoms with Crippen LogP contribution in [-0.2, 0) is 17.8 Å². The lowest BCUT2D eigenvalue weighted by Crippen LogP contribution is -2.26. The average molecular weight is 306 g/mol. The molecule has 1 aliphatic rings. The number of hydrogen-bond donors (Lipinski definition) is 1.